The fraction of sp³-hybridized carbons (Fsp3) is 0.100. The molecule has 1 aromatic heterocycles. The van der Waals surface area contributed by atoms with E-state index in [0.29, 0.717) is 16.5 Å². The lowest BCUT2D eigenvalue weighted by Gasteiger charge is -2.02. The van der Waals surface area contributed by atoms with E-state index in [-0.39, 0.29) is 5.56 Å². The molecule has 1 heterocycles. The van der Waals surface area contributed by atoms with Gasteiger partial charge < -0.3 is 5.11 Å². The Morgan fingerprint density at radius 2 is 2.29 bits per heavy atom. The van der Waals surface area contributed by atoms with Crippen LogP contribution in [-0.4, -0.2) is 26.3 Å². The number of hydrogen-bond acceptors (Lipinski definition) is 4. The number of aromatic carboxylic acids is 1. The summed E-state index contributed by atoms with van der Waals surface area (Å²) in [4.78, 5) is 14.6. The fourth-order valence-corrected chi connectivity index (χ4v) is 1.98. The molecule has 0 bridgehead atoms. The number of nitrogens with one attached hydrogen (secondary N) is 1. The van der Waals surface area contributed by atoms with Gasteiger partial charge in [-0.1, -0.05) is 11.8 Å². The Balaban J connectivity index is 2.13. The lowest BCUT2D eigenvalue weighted by atomic mass is 10.1. The van der Waals surface area contributed by atoms with Crippen molar-refractivity contribution in [3.63, 3.8) is 0 Å². The summed E-state index contributed by atoms with van der Waals surface area (Å²) in [6.07, 6.45) is 1.37. The molecule has 2 rings (SSSR count). The molecule has 0 saturated heterocycles. The van der Waals surface area contributed by atoms with Crippen molar-refractivity contribution < 1.29 is 14.3 Å². The minimum atomic E-state index is -1.14. The minimum absolute atomic E-state index is 0.0573. The number of aromatic amines is 1. The molecule has 0 unspecified atom stereocenters. The maximum Gasteiger partial charge on any atom is 0.335 e. The van der Waals surface area contributed by atoms with Crippen LogP contribution in [0.2, 0.25) is 0 Å². The molecule has 0 spiro atoms. The van der Waals surface area contributed by atoms with E-state index in [0.717, 1.165) is 6.07 Å². The first-order chi connectivity index (χ1) is 8.15. The molecule has 2 aromatic rings. The number of benzene rings is 1. The second kappa shape index (κ2) is 4.96. The number of thioether (sulfide) groups is 1. The number of halogens is 1. The summed E-state index contributed by atoms with van der Waals surface area (Å²) < 4.78 is 13.1. The monoisotopic (exact) mass is 253 g/mol. The van der Waals surface area contributed by atoms with Crippen LogP contribution in [0.1, 0.15) is 15.9 Å². The van der Waals surface area contributed by atoms with E-state index in [2.05, 4.69) is 15.2 Å². The Hall–Kier alpha value is -1.89. The molecule has 17 heavy (non-hydrogen) atoms. The number of nitrogens with zero attached hydrogens (tertiary/aromatic N) is 2. The summed E-state index contributed by atoms with van der Waals surface area (Å²) in [5.74, 6) is -1.28. The number of carbonyl (C=O) groups is 1. The summed E-state index contributed by atoms with van der Waals surface area (Å²) in [6, 6.07) is 3.73. The number of carboxylic acid groups (broad SMARTS) is 1. The molecule has 7 heteroatoms. The molecule has 5 nitrogen and oxygen atoms in total. The SMILES string of the molecule is O=C(O)c1cc(F)cc(CSc2ncn[nH]2)c1. The second-order valence-corrected chi connectivity index (χ2v) is 4.20. The Bertz CT molecular complexity index is 530. The van der Waals surface area contributed by atoms with Crippen molar-refractivity contribution in [1.82, 2.24) is 15.2 Å². The highest BCUT2D eigenvalue weighted by molar-refractivity contribution is 7.98. The Morgan fingerprint density at radius 3 is 2.94 bits per heavy atom. The van der Waals surface area contributed by atoms with Crippen LogP contribution in [0.4, 0.5) is 4.39 Å². The third kappa shape index (κ3) is 3.04. The van der Waals surface area contributed by atoms with Gasteiger partial charge in [-0.25, -0.2) is 14.2 Å². The van der Waals surface area contributed by atoms with Gasteiger partial charge >= 0.3 is 5.97 Å². The highest BCUT2D eigenvalue weighted by Crippen LogP contribution is 2.20. The maximum atomic E-state index is 13.1. The largest absolute Gasteiger partial charge is 0.478 e. The summed E-state index contributed by atoms with van der Waals surface area (Å²) in [5.41, 5.74) is 0.530. The predicted molar refractivity (Wildman–Crippen MR) is 59.3 cm³/mol. The molecule has 0 radical (unpaired) electrons. The van der Waals surface area contributed by atoms with Crippen LogP contribution >= 0.6 is 11.8 Å². The van der Waals surface area contributed by atoms with E-state index < -0.39 is 11.8 Å². The highest BCUT2D eigenvalue weighted by Gasteiger charge is 2.07. The van der Waals surface area contributed by atoms with Crippen molar-refractivity contribution in [3.05, 3.63) is 41.5 Å². The first kappa shape index (κ1) is 11.6. The van der Waals surface area contributed by atoms with Crippen LogP contribution < -0.4 is 0 Å². The Kier molecular flexibility index (Phi) is 3.38. The first-order valence-electron chi connectivity index (χ1n) is 4.66. The van der Waals surface area contributed by atoms with Crippen LogP contribution in [0.25, 0.3) is 0 Å². The van der Waals surface area contributed by atoms with Crippen molar-refractivity contribution in [2.75, 3.05) is 0 Å². The molecule has 0 aliphatic carbocycles. The summed E-state index contributed by atoms with van der Waals surface area (Å²) >= 11 is 1.32. The zero-order chi connectivity index (χ0) is 12.3. The van der Waals surface area contributed by atoms with Gasteiger partial charge in [0.25, 0.3) is 0 Å². The molecule has 1 aromatic carbocycles. The Morgan fingerprint density at radius 1 is 1.47 bits per heavy atom. The standard InChI is InChI=1S/C10H8FN3O2S/c11-8-2-6(1-7(3-8)9(15)16)4-17-10-12-5-13-14-10/h1-3,5H,4H2,(H,15,16)(H,12,13,14). The van der Waals surface area contributed by atoms with Gasteiger partial charge in [0.05, 0.1) is 5.56 Å². The van der Waals surface area contributed by atoms with Gasteiger partial charge in [-0.3, -0.25) is 5.10 Å². The van der Waals surface area contributed by atoms with Crippen LogP contribution in [0, 0.1) is 5.82 Å². The average Bonchev–Trinajstić information content (AvgIpc) is 2.78. The molecule has 0 aliphatic rings. The van der Waals surface area contributed by atoms with Gasteiger partial charge in [0.2, 0.25) is 0 Å². The van der Waals surface area contributed by atoms with E-state index in [4.69, 9.17) is 5.11 Å². The zero-order valence-corrected chi connectivity index (χ0v) is 9.37. The Labute approximate surface area is 100 Å². The number of carboxylic acids is 1. The van der Waals surface area contributed by atoms with Crippen molar-refractivity contribution in [3.8, 4) is 0 Å². The van der Waals surface area contributed by atoms with Crippen molar-refractivity contribution in [2.45, 2.75) is 10.9 Å². The van der Waals surface area contributed by atoms with Crippen molar-refractivity contribution in [2.24, 2.45) is 0 Å². The van der Waals surface area contributed by atoms with Gasteiger partial charge in [-0.2, -0.15) is 5.10 Å². The lowest BCUT2D eigenvalue weighted by Crippen LogP contribution is -1.98. The van der Waals surface area contributed by atoms with Crippen molar-refractivity contribution >= 4 is 17.7 Å². The van der Waals surface area contributed by atoms with Gasteiger partial charge in [0.15, 0.2) is 5.16 Å². The molecule has 0 fully saturated rings. The van der Waals surface area contributed by atoms with Crippen LogP contribution in [0.5, 0.6) is 0 Å². The van der Waals surface area contributed by atoms with Gasteiger partial charge in [-0.05, 0) is 23.8 Å². The second-order valence-electron chi connectivity index (χ2n) is 3.23. The normalized spacial score (nSPS) is 10.4. The lowest BCUT2D eigenvalue weighted by molar-refractivity contribution is 0.0696. The molecule has 2 N–H and O–H groups in total. The van der Waals surface area contributed by atoms with Crippen molar-refractivity contribution in [1.29, 1.82) is 0 Å². The van der Waals surface area contributed by atoms with E-state index in [1.54, 1.807) is 0 Å². The van der Waals surface area contributed by atoms with Crippen LogP contribution in [0.3, 0.4) is 0 Å². The molecule has 88 valence electrons. The fourth-order valence-electron chi connectivity index (χ4n) is 1.27. The van der Waals surface area contributed by atoms with E-state index >= 15 is 0 Å². The first-order valence-corrected chi connectivity index (χ1v) is 5.64. The number of aromatic nitrogens is 3. The van der Waals surface area contributed by atoms with Gasteiger partial charge in [0, 0.05) is 5.75 Å². The van der Waals surface area contributed by atoms with Crippen LogP contribution in [-0.2, 0) is 5.75 Å². The third-order valence-corrected chi connectivity index (χ3v) is 2.92. The zero-order valence-electron chi connectivity index (χ0n) is 8.55. The van der Waals surface area contributed by atoms with E-state index in [1.807, 2.05) is 0 Å². The third-order valence-electron chi connectivity index (χ3n) is 1.97. The topological polar surface area (TPSA) is 78.9 Å². The molecular weight excluding hydrogens is 245 g/mol. The van der Waals surface area contributed by atoms with E-state index in [9.17, 15) is 9.18 Å². The van der Waals surface area contributed by atoms with Gasteiger partial charge in [-0.15, -0.1) is 0 Å². The highest BCUT2D eigenvalue weighted by atomic mass is 32.2. The average molecular weight is 253 g/mol. The summed E-state index contributed by atoms with van der Waals surface area (Å²) in [6.45, 7) is 0. The summed E-state index contributed by atoms with van der Waals surface area (Å²) in [7, 11) is 0. The molecule has 0 saturated carbocycles. The molecule has 0 atom stereocenters. The predicted octanol–water partition coefficient (Wildman–Crippen LogP) is 1.93. The molecular formula is C10H8FN3O2S. The summed E-state index contributed by atoms with van der Waals surface area (Å²) in [5, 5.41) is 15.7. The maximum absolute atomic E-state index is 13.1. The number of H-pyrrole nitrogens is 1. The van der Waals surface area contributed by atoms with Crippen LogP contribution in [0.15, 0.2) is 29.7 Å². The van der Waals surface area contributed by atoms with Gasteiger partial charge in [0.1, 0.15) is 12.1 Å². The smallest absolute Gasteiger partial charge is 0.335 e. The molecule has 0 amide bonds. The quantitative estimate of drug-likeness (QED) is 0.814. The number of rotatable bonds is 4. The van der Waals surface area contributed by atoms with E-state index in [1.165, 1.54) is 30.2 Å². The molecule has 0 aliphatic heterocycles. The minimum Gasteiger partial charge on any atom is -0.478 e. The number of hydrogen-bond donors (Lipinski definition) is 2.